The molecule has 3 aromatic carbocycles. The summed E-state index contributed by atoms with van der Waals surface area (Å²) in [6.07, 6.45) is 2.80. The van der Waals surface area contributed by atoms with E-state index in [9.17, 15) is 13.2 Å². The smallest absolute Gasteiger partial charge is 0.211 e. The van der Waals surface area contributed by atoms with E-state index in [4.69, 9.17) is 0 Å². The first-order valence-corrected chi connectivity index (χ1v) is 9.16. The largest absolute Gasteiger partial charge is 0.288 e. The number of carbonyl (C=O) groups is 1. The molecule has 3 nitrogen and oxygen atoms in total. The molecule has 25 heavy (non-hydrogen) atoms. The van der Waals surface area contributed by atoms with Gasteiger partial charge in [-0.2, -0.15) is 0 Å². The average molecular weight is 347 g/mol. The molecule has 1 radical (unpaired) electrons. The Bertz CT molecular complexity index is 991. The van der Waals surface area contributed by atoms with Crippen LogP contribution >= 0.6 is 0 Å². The van der Waals surface area contributed by atoms with Crippen molar-refractivity contribution in [2.24, 2.45) is 0 Å². The highest BCUT2D eigenvalue weighted by molar-refractivity contribution is 7.96. The lowest BCUT2D eigenvalue weighted by Gasteiger charge is -2.09. The molecule has 0 N–H and O–H groups in total. The van der Waals surface area contributed by atoms with Gasteiger partial charge in [0.1, 0.15) is 4.91 Å². The van der Waals surface area contributed by atoms with Crippen molar-refractivity contribution in [3.05, 3.63) is 113 Å². The topological polar surface area (TPSA) is 51.2 Å². The van der Waals surface area contributed by atoms with Crippen LogP contribution in [0.25, 0.3) is 0 Å². The minimum Gasteiger partial charge on any atom is -0.288 e. The first-order valence-electron chi connectivity index (χ1n) is 7.68. The van der Waals surface area contributed by atoms with Crippen LogP contribution in [0, 0.1) is 6.08 Å². The monoisotopic (exact) mass is 347 g/mol. The number of Topliss-reactive ketones (excluding diaryl/α,β-unsaturated/α-hetero) is 1. The van der Waals surface area contributed by atoms with Crippen molar-refractivity contribution >= 4 is 15.6 Å². The fraction of sp³-hybridized carbons (Fsp3) is 0. The lowest BCUT2D eigenvalue weighted by Crippen LogP contribution is -2.15. The Morgan fingerprint density at radius 2 is 1.16 bits per heavy atom. The highest BCUT2D eigenvalue weighted by atomic mass is 32.2. The van der Waals surface area contributed by atoms with Gasteiger partial charge in [-0.05, 0) is 17.7 Å². The van der Waals surface area contributed by atoms with Crippen LogP contribution in [0.4, 0.5) is 0 Å². The first-order chi connectivity index (χ1) is 12.1. The number of benzene rings is 3. The summed E-state index contributed by atoms with van der Waals surface area (Å²) in [7, 11) is -3.99. The minimum atomic E-state index is -3.99. The van der Waals surface area contributed by atoms with E-state index in [-0.39, 0.29) is 9.80 Å². The molecule has 4 heteroatoms. The summed E-state index contributed by atoms with van der Waals surface area (Å²) in [4.78, 5) is 12.6. The third-order valence-corrected chi connectivity index (χ3v) is 5.31. The Morgan fingerprint density at radius 3 is 1.72 bits per heavy atom. The molecule has 0 aliphatic heterocycles. The summed E-state index contributed by atoms with van der Waals surface area (Å²) in [6, 6.07) is 25.0. The van der Waals surface area contributed by atoms with Crippen LogP contribution in [0.15, 0.2) is 101 Å². The van der Waals surface area contributed by atoms with E-state index in [0.717, 1.165) is 0 Å². The molecule has 0 bridgehead atoms. The Morgan fingerprint density at radius 1 is 0.680 bits per heavy atom. The molecule has 0 aliphatic rings. The molecule has 0 aliphatic carbocycles. The summed E-state index contributed by atoms with van der Waals surface area (Å²) in [6.45, 7) is 0. The number of hydrogen-bond donors (Lipinski definition) is 0. The normalized spacial score (nSPS) is 11.9. The van der Waals surface area contributed by atoms with Crippen molar-refractivity contribution < 1.29 is 13.2 Å². The number of carbonyl (C=O) groups excluding carboxylic acids is 1. The standard InChI is InChI=1S/C21H15O3S/c22-21(18-12-6-2-7-13-18)20(16-17-10-4-1-5-11-17)25(23,24)19-14-8-3-9-15-19/h1-15H. The summed E-state index contributed by atoms with van der Waals surface area (Å²) in [5.74, 6) is -0.576. The van der Waals surface area contributed by atoms with E-state index in [2.05, 4.69) is 6.08 Å². The van der Waals surface area contributed by atoms with Crippen molar-refractivity contribution in [3.63, 3.8) is 0 Å². The van der Waals surface area contributed by atoms with Gasteiger partial charge < -0.3 is 0 Å². The molecule has 0 heterocycles. The van der Waals surface area contributed by atoms with Gasteiger partial charge in [0.2, 0.25) is 15.6 Å². The molecular weight excluding hydrogens is 332 g/mol. The predicted octanol–water partition coefficient (Wildman–Crippen LogP) is 4.08. The van der Waals surface area contributed by atoms with E-state index < -0.39 is 15.6 Å². The Labute approximate surface area is 147 Å². The van der Waals surface area contributed by atoms with Gasteiger partial charge in [-0.3, -0.25) is 4.79 Å². The molecule has 0 saturated heterocycles. The highest BCUT2D eigenvalue weighted by Gasteiger charge is 2.28. The maximum atomic E-state index is 13.0. The van der Waals surface area contributed by atoms with E-state index in [1.54, 1.807) is 72.8 Å². The first kappa shape index (κ1) is 16.9. The van der Waals surface area contributed by atoms with Crippen LogP contribution < -0.4 is 0 Å². The lowest BCUT2D eigenvalue weighted by atomic mass is 10.1. The van der Waals surface area contributed by atoms with Gasteiger partial charge in [0.15, 0.2) is 0 Å². The number of hydrogen-bond acceptors (Lipinski definition) is 3. The number of rotatable bonds is 5. The molecule has 0 spiro atoms. The number of ketones is 1. The fourth-order valence-corrected chi connectivity index (χ4v) is 3.70. The number of sulfone groups is 1. The summed E-state index contributed by atoms with van der Waals surface area (Å²) >= 11 is 0. The van der Waals surface area contributed by atoms with Crippen LogP contribution in [0.5, 0.6) is 0 Å². The third-order valence-electron chi connectivity index (χ3n) is 3.60. The molecule has 0 atom stereocenters. The second-order valence-corrected chi connectivity index (χ2v) is 7.22. The van der Waals surface area contributed by atoms with E-state index in [1.165, 1.54) is 12.1 Å². The minimum absolute atomic E-state index is 0.0673. The zero-order chi connectivity index (χ0) is 17.7. The van der Waals surface area contributed by atoms with Crippen molar-refractivity contribution in [2.75, 3.05) is 0 Å². The van der Waals surface area contributed by atoms with E-state index >= 15 is 0 Å². The third kappa shape index (κ3) is 3.75. The zero-order valence-corrected chi connectivity index (χ0v) is 14.1. The highest BCUT2D eigenvalue weighted by Crippen LogP contribution is 2.23. The predicted molar refractivity (Wildman–Crippen MR) is 96.7 cm³/mol. The maximum absolute atomic E-state index is 13.0. The van der Waals surface area contributed by atoms with E-state index in [1.807, 2.05) is 6.07 Å². The van der Waals surface area contributed by atoms with Gasteiger partial charge in [0.25, 0.3) is 0 Å². The van der Waals surface area contributed by atoms with Gasteiger partial charge in [-0.1, -0.05) is 78.9 Å². The quantitative estimate of drug-likeness (QED) is 0.516. The van der Waals surface area contributed by atoms with Crippen LogP contribution in [0.3, 0.4) is 0 Å². The number of allylic oxidation sites excluding steroid dienone is 1. The molecular formula is C21H15O3S. The molecule has 3 aromatic rings. The van der Waals surface area contributed by atoms with Gasteiger partial charge in [0.05, 0.1) is 4.90 Å². The zero-order valence-electron chi connectivity index (χ0n) is 13.3. The van der Waals surface area contributed by atoms with Gasteiger partial charge in [0, 0.05) is 11.6 Å². The second kappa shape index (κ2) is 7.28. The van der Waals surface area contributed by atoms with Crippen LogP contribution in [0.2, 0.25) is 0 Å². The summed E-state index contributed by atoms with van der Waals surface area (Å²) < 4.78 is 26.1. The average Bonchev–Trinajstić information content (AvgIpc) is 2.67. The van der Waals surface area contributed by atoms with Crippen molar-refractivity contribution in [1.29, 1.82) is 0 Å². The maximum Gasteiger partial charge on any atom is 0.211 e. The SMILES string of the molecule is O=C(C(=[C]c1ccccc1)S(=O)(=O)c1ccccc1)c1ccccc1. The molecule has 123 valence electrons. The van der Waals surface area contributed by atoms with Gasteiger partial charge in [-0.15, -0.1) is 0 Å². The Balaban J connectivity index is 2.17. The van der Waals surface area contributed by atoms with Crippen LogP contribution in [-0.4, -0.2) is 14.2 Å². The van der Waals surface area contributed by atoms with Crippen LogP contribution in [-0.2, 0) is 9.84 Å². The van der Waals surface area contributed by atoms with Crippen molar-refractivity contribution in [3.8, 4) is 0 Å². The van der Waals surface area contributed by atoms with E-state index in [0.29, 0.717) is 11.1 Å². The lowest BCUT2D eigenvalue weighted by molar-refractivity contribution is 0.104. The molecule has 3 rings (SSSR count). The molecule has 0 saturated carbocycles. The van der Waals surface area contributed by atoms with Crippen molar-refractivity contribution in [1.82, 2.24) is 0 Å². The molecule has 0 unspecified atom stereocenters. The summed E-state index contributed by atoms with van der Waals surface area (Å²) in [5, 5.41) is 0. The Hall–Kier alpha value is -2.98. The van der Waals surface area contributed by atoms with Crippen LogP contribution in [0.1, 0.15) is 15.9 Å². The molecule has 0 aromatic heterocycles. The molecule has 0 fully saturated rings. The van der Waals surface area contributed by atoms with Gasteiger partial charge >= 0.3 is 0 Å². The Kier molecular flexibility index (Phi) is 4.91. The van der Waals surface area contributed by atoms with Crippen molar-refractivity contribution in [2.45, 2.75) is 4.90 Å². The summed E-state index contributed by atoms with van der Waals surface area (Å²) in [5.41, 5.74) is 0.835. The fourth-order valence-electron chi connectivity index (χ4n) is 2.34. The van der Waals surface area contributed by atoms with Gasteiger partial charge in [-0.25, -0.2) is 8.42 Å². The molecule has 0 amide bonds. The second-order valence-electron chi connectivity index (χ2n) is 5.33.